The molecule has 0 spiro atoms. The highest BCUT2D eigenvalue weighted by Gasteiger charge is 2.07. The summed E-state index contributed by atoms with van der Waals surface area (Å²) < 4.78 is 0. The molecule has 0 atom stereocenters. The molecule has 106 valence electrons. The van der Waals surface area contributed by atoms with Crippen molar-refractivity contribution in [2.24, 2.45) is 4.99 Å². The van der Waals surface area contributed by atoms with E-state index in [0.29, 0.717) is 21.4 Å². The molecular formula is C14H12N4OS2. The molecule has 0 aliphatic carbocycles. The van der Waals surface area contributed by atoms with E-state index in [0.717, 1.165) is 0 Å². The number of nitrogens with zero attached hydrogens (tertiary/aromatic N) is 2. The molecule has 0 saturated heterocycles. The number of thiophene rings is 1. The van der Waals surface area contributed by atoms with Crippen molar-refractivity contribution < 1.29 is 4.79 Å². The average Bonchev–Trinajstić information content (AvgIpc) is 3.01. The summed E-state index contributed by atoms with van der Waals surface area (Å²) in [4.78, 5) is 16.9. The Morgan fingerprint density at radius 2 is 2.24 bits per heavy atom. The Morgan fingerprint density at radius 1 is 1.38 bits per heavy atom. The predicted molar refractivity (Wildman–Crippen MR) is 88.1 cm³/mol. The molecule has 21 heavy (non-hydrogen) atoms. The maximum Gasteiger partial charge on any atom is 0.265 e. The number of nitrogens with one attached hydrogen (secondary N) is 2. The van der Waals surface area contributed by atoms with E-state index in [1.165, 1.54) is 23.1 Å². The zero-order valence-corrected chi connectivity index (χ0v) is 12.8. The number of amides is 1. The van der Waals surface area contributed by atoms with Gasteiger partial charge in [0.2, 0.25) is 0 Å². The van der Waals surface area contributed by atoms with E-state index in [4.69, 9.17) is 5.26 Å². The van der Waals surface area contributed by atoms with Gasteiger partial charge in [0.15, 0.2) is 11.4 Å². The van der Waals surface area contributed by atoms with E-state index < -0.39 is 0 Å². The molecule has 7 heteroatoms. The third kappa shape index (κ3) is 4.34. The lowest BCUT2D eigenvalue weighted by molar-refractivity contribution is 0.103. The van der Waals surface area contributed by atoms with E-state index in [2.05, 4.69) is 15.6 Å². The monoisotopic (exact) mass is 316 g/mol. The maximum absolute atomic E-state index is 12.0. The zero-order chi connectivity index (χ0) is 15.1. The molecule has 0 unspecified atom stereocenters. The van der Waals surface area contributed by atoms with Crippen molar-refractivity contribution in [3.05, 3.63) is 46.7 Å². The van der Waals surface area contributed by atoms with E-state index in [1.54, 1.807) is 30.3 Å². The first-order valence-corrected chi connectivity index (χ1v) is 8.06. The summed E-state index contributed by atoms with van der Waals surface area (Å²) in [5, 5.41) is 16.3. The van der Waals surface area contributed by atoms with Crippen LogP contribution in [0.15, 0.2) is 46.8 Å². The molecule has 0 bridgehead atoms. The van der Waals surface area contributed by atoms with Gasteiger partial charge in [0.05, 0.1) is 10.6 Å². The standard InChI is InChI=1S/C14H12N4OS2/c1-20-14(16-9-15)18-11-5-2-4-10(8-11)17-13(19)12-6-3-7-21-12/h2-8H,1H3,(H,16,18)(H,17,19). The average molecular weight is 316 g/mol. The first-order chi connectivity index (χ1) is 10.2. The molecule has 2 aromatic rings. The van der Waals surface area contributed by atoms with Gasteiger partial charge in [-0.25, -0.2) is 4.99 Å². The molecule has 2 N–H and O–H groups in total. The zero-order valence-electron chi connectivity index (χ0n) is 11.2. The third-order valence-electron chi connectivity index (χ3n) is 2.44. The van der Waals surface area contributed by atoms with Crippen LogP contribution in [0.1, 0.15) is 9.67 Å². The second kappa shape index (κ2) is 7.47. The normalized spacial score (nSPS) is 10.8. The van der Waals surface area contributed by atoms with Crippen molar-refractivity contribution in [3.63, 3.8) is 0 Å². The first kappa shape index (κ1) is 15.1. The number of carbonyl (C=O) groups is 1. The van der Waals surface area contributed by atoms with E-state index >= 15 is 0 Å². The highest BCUT2D eigenvalue weighted by atomic mass is 32.2. The predicted octanol–water partition coefficient (Wildman–Crippen LogP) is 3.42. The van der Waals surface area contributed by atoms with E-state index in [-0.39, 0.29) is 5.91 Å². The number of carbonyl (C=O) groups excluding carboxylic acids is 1. The molecule has 1 aromatic carbocycles. The van der Waals surface area contributed by atoms with Gasteiger partial charge < -0.3 is 5.32 Å². The Kier molecular flexibility index (Phi) is 5.37. The highest BCUT2D eigenvalue weighted by Crippen LogP contribution is 2.20. The maximum atomic E-state index is 12.0. The van der Waals surface area contributed by atoms with Crippen LogP contribution in [0.4, 0.5) is 11.4 Å². The number of aliphatic imine (C=N–C) groups is 1. The van der Waals surface area contributed by atoms with Gasteiger partial charge in [-0.1, -0.05) is 23.9 Å². The van der Waals surface area contributed by atoms with Crippen LogP contribution in [0.5, 0.6) is 0 Å². The minimum atomic E-state index is -0.147. The summed E-state index contributed by atoms with van der Waals surface area (Å²) >= 11 is 2.72. The molecule has 2 rings (SSSR count). The number of hydrogen-bond donors (Lipinski definition) is 2. The van der Waals surface area contributed by atoms with Crippen LogP contribution < -0.4 is 10.6 Å². The SMILES string of the molecule is CSC(=Nc1cccc(NC(=O)c2cccs2)c1)NC#N. The van der Waals surface area contributed by atoms with E-state index in [9.17, 15) is 4.79 Å². The fraction of sp³-hybridized carbons (Fsp3) is 0.0714. The van der Waals surface area contributed by atoms with Crippen LogP contribution in [0.3, 0.4) is 0 Å². The van der Waals surface area contributed by atoms with Crippen LogP contribution in [0.25, 0.3) is 0 Å². The van der Waals surface area contributed by atoms with Gasteiger partial charge in [-0.3, -0.25) is 10.1 Å². The first-order valence-electron chi connectivity index (χ1n) is 5.95. The van der Waals surface area contributed by atoms with Crippen LogP contribution in [-0.2, 0) is 0 Å². The number of thioether (sulfide) groups is 1. The minimum Gasteiger partial charge on any atom is -0.321 e. The van der Waals surface area contributed by atoms with Crippen LogP contribution in [-0.4, -0.2) is 17.3 Å². The van der Waals surface area contributed by atoms with Crippen LogP contribution >= 0.6 is 23.1 Å². The van der Waals surface area contributed by atoms with Crippen molar-refractivity contribution in [1.82, 2.24) is 5.32 Å². The Labute approximate surface area is 130 Å². The van der Waals surface area contributed by atoms with Gasteiger partial charge in [0.25, 0.3) is 5.91 Å². The Bertz CT molecular complexity index is 689. The number of rotatable bonds is 3. The molecule has 0 aliphatic rings. The number of hydrogen-bond acceptors (Lipinski definition) is 5. The minimum absolute atomic E-state index is 0.147. The number of benzene rings is 1. The van der Waals surface area contributed by atoms with Gasteiger partial charge in [0, 0.05) is 5.69 Å². The van der Waals surface area contributed by atoms with Gasteiger partial charge in [-0.15, -0.1) is 11.3 Å². The molecule has 0 fully saturated rings. The Hall–Kier alpha value is -2.30. The molecular weight excluding hydrogens is 304 g/mol. The fourth-order valence-electron chi connectivity index (χ4n) is 1.54. The molecule has 1 heterocycles. The second-order valence-electron chi connectivity index (χ2n) is 3.84. The lowest BCUT2D eigenvalue weighted by atomic mass is 10.3. The summed E-state index contributed by atoms with van der Waals surface area (Å²) in [7, 11) is 0. The Morgan fingerprint density at radius 3 is 2.90 bits per heavy atom. The van der Waals surface area contributed by atoms with Crippen molar-refractivity contribution in [1.29, 1.82) is 5.26 Å². The van der Waals surface area contributed by atoms with E-state index in [1.807, 2.05) is 23.9 Å². The summed E-state index contributed by atoms with van der Waals surface area (Å²) in [6, 6.07) is 10.7. The fourth-order valence-corrected chi connectivity index (χ4v) is 2.51. The second-order valence-corrected chi connectivity index (χ2v) is 5.58. The lowest BCUT2D eigenvalue weighted by Gasteiger charge is -2.05. The summed E-state index contributed by atoms with van der Waals surface area (Å²) in [5.41, 5.74) is 1.32. The smallest absolute Gasteiger partial charge is 0.265 e. The molecule has 0 aliphatic heterocycles. The van der Waals surface area contributed by atoms with Crippen molar-refractivity contribution in [2.75, 3.05) is 11.6 Å². The van der Waals surface area contributed by atoms with Crippen LogP contribution in [0.2, 0.25) is 0 Å². The highest BCUT2D eigenvalue weighted by molar-refractivity contribution is 8.13. The largest absolute Gasteiger partial charge is 0.321 e. The van der Waals surface area contributed by atoms with Gasteiger partial charge in [-0.2, -0.15) is 5.26 Å². The summed E-state index contributed by atoms with van der Waals surface area (Å²) in [5.74, 6) is -0.147. The summed E-state index contributed by atoms with van der Waals surface area (Å²) in [6.07, 6.45) is 3.66. The third-order valence-corrected chi connectivity index (χ3v) is 3.88. The van der Waals surface area contributed by atoms with Crippen molar-refractivity contribution in [3.8, 4) is 6.19 Å². The Balaban J connectivity index is 2.14. The number of anilines is 1. The molecule has 1 aromatic heterocycles. The lowest BCUT2D eigenvalue weighted by Crippen LogP contribution is -2.12. The quantitative estimate of drug-likeness (QED) is 0.394. The van der Waals surface area contributed by atoms with Gasteiger partial charge >= 0.3 is 0 Å². The summed E-state index contributed by atoms with van der Waals surface area (Å²) in [6.45, 7) is 0. The van der Waals surface area contributed by atoms with Gasteiger partial charge in [0.1, 0.15) is 0 Å². The van der Waals surface area contributed by atoms with Crippen LogP contribution in [0, 0.1) is 11.5 Å². The number of amidine groups is 1. The molecule has 0 saturated carbocycles. The van der Waals surface area contributed by atoms with Crippen molar-refractivity contribution in [2.45, 2.75) is 0 Å². The molecule has 1 amide bonds. The molecule has 5 nitrogen and oxygen atoms in total. The molecule has 0 radical (unpaired) electrons. The number of nitriles is 1. The topological polar surface area (TPSA) is 77.3 Å². The van der Waals surface area contributed by atoms with Gasteiger partial charge in [-0.05, 0) is 35.9 Å². The van der Waals surface area contributed by atoms with Crippen molar-refractivity contribution >= 4 is 45.5 Å².